The average molecular weight is 402 g/mol. The Morgan fingerprint density at radius 1 is 1.07 bits per heavy atom. The fourth-order valence-electron chi connectivity index (χ4n) is 6.23. The van der Waals surface area contributed by atoms with Crippen LogP contribution in [0.3, 0.4) is 0 Å². The number of nitrogens with one attached hydrogen (secondary N) is 2. The van der Waals surface area contributed by atoms with Crippen LogP contribution in [0, 0.1) is 23.2 Å². The molecule has 6 nitrogen and oxygen atoms in total. The minimum absolute atomic E-state index is 0.0780. The van der Waals surface area contributed by atoms with E-state index >= 15 is 0 Å². The van der Waals surface area contributed by atoms with Gasteiger partial charge < -0.3 is 5.32 Å². The summed E-state index contributed by atoms with van der Waals surface area (Å²) < 4.78 is 27.9. The van der Waals surface area contributed by atoms with Gasteiger partial charge in [0.2, 0.25) is 5.91 Å². The normalized spacial score (nSPS) is 33.6. The third-order valence-corrected chi connectivity index (χ3v) is 8.43. The van der Waals surface area contributed by atoms with E-state index in [1.807, 2.05) is 0 Å². The lowest BCUT2D eigenvalue weighted by Gasteiger charge is -2.55. The number of carbonyl (C=O) groups is 1. The average Bonchev–Trinajstić information content (AvgIpc) is 3.13. The van der Waals surface area contributed by atoms with Gasteiger partial charge in [-0.2, -0.15) is 0 Å². The number of hydrogen-bond acceptors (Lipinski definition) is 4. The minimum atomic E-state index is -3.68. The molecule has 150 valence electrons. The Balaban J connectivity index is 1.33. The van der Waals surface area contributed by atoms with Crippen LogP contribution in [0.1, 0.15) is 51.4 Å². The third-order valence-electron chi connectivity index (χ3n) is 7.05. The number of benzene rings is 1. The van der Waals surface area contributed by atoms with Crippen LogP contribution >= 0.6 is 0 Å². The van der Waals surface area contributed by atoms with Crippen LogP contribution in [0.2, 0.25) is 0 Å². The van der Waals surface area contributed by atoms with Gasteiger partial charge in [-0.05, 0) is 80.9 Å². The van der Waals surface area contributed by atoms with E-state index < -0.39 is 10.0 Å². The first-order valence-corrected chi connectivity index (χ1v) is 11.9. The van der Waals surface area contributed by atoms with E-state index in [1.165, 1.54) is 19.3 Å². The molecule has 0 saturated heterocycles. The molecule has 0 aromatic heterocycles. The molecule has 1 heterocycles. The maximum Gasteiger partial charge on any atom is 0.262 e. The summed E-state index contributed by atoms with van der Waals surface area (Å²) >= 11 is 0. The van der Waals surface area contributed by atoms with Gasteiger partial charge >= 0.3 is 0 Å². The van der Waals surface area contributed by atoms with Crippen molar-refractivity contribution in [3.63, 3.8) is 0 Å². The number of sulfonamides is 1. The molecule has 0 spiro atoms. The lowest BCUT2D eigenvalue weighted by atomic mass is 9.49. The maximum absolute atomic E-state index is 13.2. The van der Waals surface area contributed by atoms with E-state index in [0.717, 1.165) is 25.7 Å². The number of aliphatic imine (C=N–C) groups is 1. The van der Waals surface area contributed by atoms with Gasteiger partial charge in [0.05, 0.1) is 10.3 Å². The second-order valence-corrected chi connectivity index (χ2v) is 10.9. The first-order valence-electron chi connectivity index (χ1n) is 10.4. The molecule has 7 heteroatoms. The number of hydrogen-bond donors (Lipinski definition) is 2. The topological polar surface area (TPSA) is 87.6 Å². The van der Waals surface area contributed by atoms with Gasteiger partial charge in [-0.15, -0.1) is 0 Å². The van der Waals surface area contributed by atoms with Gasteiger partial charge in [-0.25, -0.2) is 8.42 Å². The van der Waals surface area contributed by atoms with Crippen molar-refractivity contribution >= 4 is 27.5 Å². The molecule has 4 aliphatic carbocycles. The number of amides is 1. The van der Waals surface area contributed by atoms with E-state index in [0.29, 0.717) is 42.2 Å². The highest BCUT2D eigenvalue weighted by Gasteiger charge is 2.54. The van der Waals surface area contributed by atoms with Gasteiger partial charge in [-0.1, -0.05) is 6.07 Å². The van der Waals surface area contributed by atoms with Gasteiger partial charge in [0.15, 0.2) is 0 Å². The van der Waals surface area contributed by atoms with Crippen molar-refractivity contribution in [3.8, 4) is 0 Å². The summed E-state index contributed by atoms with van der Waals surface area (Å²) in [5.41, 5.74) is 0.303. The summed E-state index contributed by atoms with van der Waals surface area (Å²) in [5, 5.41) is 3.04. The molecule has 4 saturated carbocycles. The van der Waals surface area contributed by atoms with Gasteiger partial charge in [0.25, 0.3) is 10.0 Å². The van der Waals surface area contributed by atoms with Crippen LogP contribution in [-0.2, 0) is 14.8 Å². The quantitative estimate of drug-likeness (QED) is 0.811. The molecule has 0 unspecified atom stereocenters. The second-order valence-electron chi connectivity index (χ2n) is 9.22. The molecule has 0 radical (unpaired) electrons. The van der Waals surface area contributed by atoms with Crippen molar-refractivity contribution in [2.45, 2.75) is 56.3 Å². The molecule has 6 rings (SSSR count). The molecule has 2 N–H and O–H groups in total. The molecular formula is C21H27N3O3S. The Kier molecular flexibility index (Phi) is 4.27. The minimum Gasteiger partial charge on any atom is -0.326 e. The van der Waals surface area contributed by atoms with E-state index in [2.05, 4.69) is 15.0 Å². The molecular weight excluding hydrogens is 374 g/mol. The number of amidine groups is 1. The van der Waals surface area contributed by atoms with Crippen molar-refractivity contribution in [3.05, 3.63) is 24.3 Å². The molecule has 28 heavy (non-hydrogen) atoms. The summed E-state index contributed by atoms with van der Waals surface area (Å²) in [6, 6.07) is 6.55. The zero-order valence-corrected chi connectivity index (χ0v) is 16.8. The fourth-order valence-corrected chi connectivity index (χ4v) is 7.36. The first kappa shape index (κ1) is 18.2. The van der Waals surface area contributed by atoms with Crippen LogP contribution in [0.25, 0.3) is 0 Å². The molecule has 4 bridgehead atoms. The fraction of sp³-hybridized carbons (Fsp3) is 0.619. The van der Waals surface area contributed by atoms with Gasteiger partial charge in [-0.3, -0.25) is 14.5 Å². The highest BCUT2D eigenvalue weighted by Crippen LogP contribution is 2.60. The Labute approximate surface area is 166 Å². The number of carbonyl (C=O) groups excluding carboxylic acids is 1. The summed E-state index contributed by atoms with van der Waals surface area (Å²) in [6.45, 7) is 0.666. The maximum atomic E-state index is 13.2. The first-order chi connectivity index (χ1) is 13.4. The Hall–Kier alpha value is -1.89. The van der Waals surface area contributed by atoms with Crippen molar-refractivity contribution in [1.29, 1.82) is 0 Å². The number of anilines is 1. The number of rotatable bonds is 4. The zero-order chi connectivity index (χ0) is 19.4. The molecule has 1 aromatic carbocycles. The highest BCUT2D eigenvalue weighted by molar-refractivity contribution is 7.90. The molecule has 5 aliphatic rings. The van der Waals surface area contributed by atoms with Crippen LogP contribution in [0.5, 0.6) is 0 Å². The zero-order valence-electron chi connectivity index (χ0n) is 16.0. The van der Waals surface area contributed by atoms with Crippen molar-refractivity contribution in [2.75, 3.05) is 11.9 Å². The van der Waals surface area contributed by atoms with Crippen LogP contribution in [0.15, 0.2) is 34.2 Å². The van der Waals surface area contributed by atoms with E-state index in [9.17, 15) is 13.2 Å². The molecule has 1 aliphatic heterocycles. The monoisotopic (exact) mass is 401 g/mol. The standard InChI is InChI=1S/C21H27N3O3S/c25-20(21-11-14-7-15(12-21)9-16(8-14)13-21)23-17-3-1-4-18(10-17)28(26,27)24-19-5-2-6-22-19/h1,3-4,10,14-16H,2,5-9,11-13H2,(H,22,24)(H,23,25). The Morgan fingerprint density at radius 2 is 1.75 bits per heavy atom. The molecule has 1 amide bonds. The van der Waals surface area contributed by atoms with E-state index in [-0.39, 0.29) is 16.2 Å². The smallest absolute Gasteiger partial charge is 0.262 e. The predicted molar refractivity (Wildman–Crippen MR) is 108 cm³/mol. The largest absolute Gasteiger partial charge is 0.326 e. The van der Waals surface area contributed by atoms with Crippen LogP contribution in [0.4, 0.5) is 5.69 Å². The SMILES string of the molecule is O=C(Nc1cccc(S(=O)(=O)NC2=NCCC2)c1)C12CC3CC(CC(C3)C1)C2. The molecule has 4 fully saturated rings. The van der Waals surface area contributed by atoms with E-state index in [1.54, 1.807) is 24.3 Å². The molecule has 1 aromatic rings. The van der Waals surface area contributed by atoms with Crippen LogP contribution < -0.4 is 10.0 Å². The van der Waals surface area contributed by atoms with E-state index in [4.69, 9.17) is 0 Å². The number of nitrogens with zero attached hydrogens (tertiary/aromatic N) is 1. The summed E-state index contributed by atoms with van der Waals surface area (Å²) in [4.78, 5) is 17.5. The van der Waals surface area contributed by atoms with Gasteiger partial charge in [0, 0.05) is 18.7 Å². The van der Waals surface area contributed by atoms with Crippen molar-refractivity contribution in [2.24, 2.45) is 28.2 Å². The van der Waals surface area contributed by atoms with Crippen molar-refractivity contribution < 1.29 is 13.2 Å². The lowest BCUT2D eigenvalue weighted by Crippen LogP contribution is -2.51. The van der Waals surface area contributed by atoms with Gasteiger partial charge in [0.1, 0.15) is 5.84 Å². The van der Waals surface area contributed by atoms with Crippen molar-refractivity contribution in [1.82, 2.24) is 4.72 Å². The highest BCUT2D eigenvalue weighted by atomic mass is 32.2. The lowest BCUT2D eigenvalue weighted by molar-refractivity contribution is -0.140. The predicted octanol–water partition coefficient (Wildman–Crippen LogP) is 3.31. The summed E-state index contributed by atoms with van der Waals surface area (Å²) in [7, 11) is -3.68. The summed E-state index contributed by atoms with van der Waals surface area (Å²) in [5.74, 6) is 2.68. The Bertz CT molecular complexity index is 903. The second kappa shape index (κ2) is 6.58. The third kappa shape index (κ3) is 3.23. The van der Waals surface area contributed by atoms with Crippen LogP contribution in [-0.4, -0.2) is 26.7 Å². The Morgan fingerprint density at radius 3 is 2.36 bits per heavy atom. The molecule has 0 atom stereocenters. The summed E-state index contributed by atoms with van der Waals surface area (Å²) in [6.07, 6.45) is 8.36.